The number of hydrogen-bond donors (Lipinski definition) is 0. The third-order valence-electron chi connectivity index (χ3n) is 4.92. The van der Waals surface area contributed by atoms with Crippen LogP contribution < -0.4 is 9.47 Å². The zero-order valence-corrected chi connectivity index (χ0v) is 18.5. The molecule has 0 aliphatic heterocycles. The normalized spacial score (nSPS) is 11.6. The summed E-state index contributed by atoms with van der Waals surface area (Å²) in [5, 5.41) is 0. The van der Waals surface area contributed by atoms with Crippen LogP contribution in [-0.4, -0.2) is 25.2 Å². The van der Waals surface area contributed by atoms with Crippen LogP contribution in [0.3, 0.4) is 0 Å². The van der Waals surface area contributed by atoms with Gasteiger partial charge in [-0.05, 0) is 48.7 Å². The van der Waals surface area contributed by atoms with Gasteiger partial charge in [0.05, 0.1) is 24.3 Å². The third-order valence-corrected chi connectivity index (χ3v) is 4.92. The summed E-state index contributed by atoms with van der Waals surface area (Å²) in [6.07, 6.45) is 5.34. The molecule has 2 aromatic carbocycles. The van der Waals surface area contributed by atoms with Gasteiger partial charge in [0.2, 0.25) is 0 Å². The van der Waals surface area contributed by atoms with E-state index in [9.17, 15) is 14.0 Å². The van der Waals surface area contributed by atoms with E-state index in [-0.39, 0.29) is 23.8 Å². The van der Waals surface area contributed by atoms with Crippen LogP contribution >= 0.6 is 0 Å². The molecule has 5 nitrogen and oxygen atoms in total. The Kier molecular flexibility index (Phi) is 10.0. The number of carbonyl (C=O) groups excluding carboxylic acids is 2. The van der Waals surface area contributed by atoms with E-state index in [1.54, 1.807) is 24.3 Å². The number of rotatable bonds is 12. The van der Waals surface area contributed by atoms with E-state index in [1.807, 2.05) is 13.8 Å². The maximum Gasteiger partial charge on any atom is 0.343 e. The number of esters is 2. The van der Waals surface area contributed by atoms with E-state index < -0.39 is 17.8 Å². The van der Waals surface area contributed by atoms with Gasteiger partial charge in [-0.25, -0.2) is 14.0 Å². The van der Waals surface area contributed by atoms with Gasteiger partial charge in [0.25, 0.3) is 0 Å². The van der Waals surface area contributed by atoms with Crippen molar-refractivity contribution in [2.75, 3.05) is 13.2 Å². The van der Waals surface area contributed by atoms with Gasteiger partial charge in [-0.3, -0.25) is 0 Å². The molecule has 0 radical (unpaired) electrons. The minimum absolute atomic E-state index is 0.0113. The summed E-state index contributed by atoms with van der Waals surface area (Å²) in [6, 6.07) is 10.2. The van der Waals surface area contributed by atoms with Crippen LogP contribution in [0.4, 0.5) is 4.39 Å². The van der Waals surface area contributed by atoms with E-state index in [4.69, 9.17) is 14.2 Å². The number of halogens is 1. The lowest BCUT2D eigenvalue weighted by Gasteiger charge is -2.11. The maximum absolute atomic E-state index is 14.3. The van der Waals surface area contributed by atoms with Crippen molar-refractivity contribution in [1.29, 1.82) is 0 Å². The lowest BCUT2D eigenvalue weighted by atomic mass is 10.1. The fraction of sp³-hybridized carbons (Fsp3) is 0.440. The van der Waals surface area contributed by atoms with Crippen LogP contribution in [0.15, 0.2) is 42.5 Å². The molecule has 0 amide bonds. The molecule has 1 atom stereocenters. The molecule has 0 bridgehead atoms. The first-order chi connectivity index (χ1) is 14.9. The van der Waals surface area contributed by atoms with Gasteiger partial charge in [0, 0.05) is 6.07 Å². The van der Waals surface area contributed by atoms with Crippen molar-refractivity contribution >= 4 is 11.9 Å². The topological polar surface area (TPSA) is 61.8 Å². The lowest BCUT2D eigenvalue weighted by molar-refractivity contribution is 0.0442. The molecule has 0 saturated heterocycles. The number of unbranched alkanes of at least 4 members (excludes halogenated alkanes) is 3. The van der Waals surface area contributed by atoms with Gasteiger partial charge in [-0.1, -0.05) is 46.5 Å². The largest absolute Gasteiger partial charge is 0.494 e. The highest BCUT2D eigenvalue weighted by Gasteiger charge is 2.17. The van der Waals surface area contributed by atoms with Gasteiger partial charge in [0.15, 0.2) is 0 Å². The van der Waals surface area contributed by atoms with Crippen molar-refractivity contribution < 1.29 is 28.2 Å². The minimum Gasteiger partial charge on any atom is -0.494 e. The fourth-order valence-corrected chi connectivity index (χ4v) is 2.71. The molecule has 0 spiro atoms. The number of benzene rings is 2. The fourth-order valence-electron chi connectivity index (χ4n) is 2.71. The summed E-state index contributed by atoms with van der Waals surface area (Å²) in [7, 11) is 0. The third kappa shape index (κ3) is 8.04. The monoisotopic (exact) mass is 430 g/mol. The number of carbonyl (C=O) groups is 2. The smallest absolute Gasteiger partial charge is 0.343 e. The van der Waals surface area contributed by atoms with E-state index in [0.717, 1.165) is 25.3 Å². The molecule has 31 heavy (non-hydrogen) atoms. The highest BCUT2D eigenvalue weighted by molar-refractivity contribution is 5.92. The van der Waals surface area contributed by atoms with Crippen molar-refractivity contribution in [3.63, 3.8) is 0 Å². The van der Waals surface area contributed by atoms with Crippen LogP contribution in [0.2, 0.25) is 0 Å². The van der Waals surface area contributed by atoms with Gasteiger partial charge in [0.1, 0.15) is 17.3 Å². The molecule has 2 rings (SSSR count). The van der Waals surface area contributed by atoms with Gasteiger partial charge in [-0.2, -0.15) is 0 Å². The Balaban J connectivity index is 1.90. The van der Waals surface area contributed by atoms with Crippen LogP contribution in [0.5, 0.6) is 11.5 Å². The van der Waals surface area contributed by atoms with E-state index in [2.05, 4.69) is 6.92 Å². The quantitative estimate of drug-likeness (QED) is 0.228. The summed E-state index contributed by atoms with van der Waals surface area (Å²) >= 11 is 0. The Morgan fingerprint density at radius 3 is 2.29 bits per heavy atom. The molecule has 0 N–H and O–H groups in total. The Morgan fingerprint density at radius 1 is 0.935 bits per heavy atom. The second kappa shape index (κ2) is 12.7. The first-order valence-electron chi connectivity index (χ1n) is 10.9. The predicted molar refractivity (Wildman–Crippen MR) is 117 cm³/mol. The second-order valence-electron chi connectivity index (χ2n) is 7.58. The summed E-state index contributed by atoms with van der Waals surface area (Å²) < 4.78 is 30.3. The minimum atomic E-state index is -0.800. The zero-order valence-electron chi connectivity index (χ0n) is 18.5. The summed E-state index contributed by atoms with van der Waals surface area (Å²) in [5.41, 5.74) is 0.124. The Morgan fingerprint density at radius 2 is 1.65 bits per heavy atom. The maximum atomic E-state index is 14.3. The molecule has 0 aliphatic rings. The molecular formula is C25H31FO5. The van der Waals surface area contributed by atoms with E-state index in [0.29, 0.717) is 17.9 Å². The molecule has 0 aliphatic carbocycles. The van der Waals surface area contributed by atoms with Crippen molar-refractivity contribution in [3.8, 4) is 11.5 Å². The van der Waals surface area contributed by atoms with Crippen LogP contribution in [0.25, 0.3) is 0 Å². The average molecular weight is 431 g/mol. The van der Waals surface area contributed by atoms with Crippen molar-refractivity contribution in [2.45, 2.75) is 52.9 Å². The molecule has 0 heterocycles. The molecule has 0 unspecified atom stereocenters. The molecular weight excluding hydrogens is 399 g/mol. The van der Waals surface area contributed by atoms with Gasteiger partial charge < -0.3 is 14.2 Å². The first kappa shape index (κ1) is 24.4. The molecule has 2 aromatic rings. The van der Waals surface area contributed by atoms with Gasteiger partial charge in [-0.15, -0.1) is 0 Å². The van der Waals surface area contributed by atoms with Gasteiger partial charge >= 0.3 is 11.9 Å². The Bertz CT molecular complexity index is 847. The molecule has 0 fully saturated rings. The molecule has 6 heteroatoms. The lowest BCUT2D eigenvalue weighted by Crippen LogP contribution is -2.13. The molecule has 168 valence electrons. The highest BCUT2D eigenvalue weighted by Crippen LogP contribution is 2.20. The predicted octanol–water partition coefficient (Wildman–Crippen LogP) is 6.21. The second-order valence-corrected chi connectivity index (χ2v) is 7.58. The van der Waals surface area contributed by atoms with E-state index >= 15 is 0 Å². The van der Waals surface area contributed by atoms with Crippen LogP contribution in [0, 0.1) is 11.7 Å². The number of hydrogen-bond acceptors (Lipinski definition) is 5. The van der Waals surface area contributed by atoms with Crippen molar-refractivity contribution in [3.05, 3.63) is 59.4 Å². The summed E-state index contributed by atoms with van der Waals surface area (Å²) in [6.45, 7) is 6.94. The van der Waals surface area contributed by atoms with Crippen LogP contribution in [-0.2, 0) is 4.74 Å². The Hall–Kier alpha value is -2.89. The standard InChI is InChI=1S/C25H31FO5/c1-4-6-7-8-15-29-20-11-9-19(10-12-20)24(27)31-21-13-14-22(23(26)16-21)25(28)30-17-18(3)5-2/h9-14,16,18H,4-8,15,17H2,1-3H3/t18-/m0/s1. The zero-order chi connectivity index (χ0) is 22.6. The van der Waals surface area contributed by atoms with Crippen molar-refractivity contribution in [1.82, 2.24) is 0 Å². The first-order valence-corrected chi connectivity index (χ1v) is 10.9. The highest BCUT2D eigenvalue weighted by atomic mass is 19.1. The van der Waals surface area contributed by atoms with E-state index in [1.165, 1.54) is 25.0 Å². The Labute approximate surface area is 183 Å². The van der Waals surface area contributed by atoms with Crippen LogP contribution in [0.1, 0.15) is 73.6 Å². The average Bonchev–Trinajstić information content (AvgIpc) is 2.77. The molecule has 0 aromatic heterocycles. The summed E-state index contributed by atoms with van der Waals surface area (Å²) in [5.74, 6) is -1.27. The summed E-state index contributed by atoms with van der Waals surface area (Å²) in [4.78, 5) is 24.3. The number of ether oxygens (including phenoxy) is 3. The molecule has 0 saturated carbocycles. The van der Waals surface area contributed by atoms with Crippen molar-refractivity contribution in [2.24, 2.45) is 5.92 Å². The SMILES string of the molecule is CCCCCCOc1ccc(C(=O)Oc2ccc(C(=O)OC[C@@H](C)CC)c(F)c2)cc1.